The van der Waals surface area contributed by atoms with Crippen LogP contribution in [-0.4, -0.2) is 42.5 Å². The van der Waals surface area contributed by atoms with Gasteiger partial charge in [-0.05, 0) is 42.4 Å². The summed E-state index contributed by atoms with van der Waals surface area (Å²) in [6, 6.07) is 10.1. The first-order valence-electron chi connectivity index (χ1n) is 9.97. The minimum atomic E-state index is -0.125. The Morgan fingerprint density at radius 1 is 1.21 bits per heavy atom. The summed E-state index contributed by atoms with van der Waals surface area (Å²) in [5.74, 6) is 0.719. The largest absolute Gasteiger partial charge is 0.494 e. The van der Waals surface area contributed by atoms with Gasteiger partial charge in [0.15, 0.2) is 0 Å². The highest BCUT2D eigenvalue weighted by atomic mass is 16.5. The van der Waals surface area contributed by atoms with Crippen molar-refractivity contribution in [2.75, 3.05) is 19.7 Å². The molecular weight excluding hydrogens is 354 g/mol. The molecule has 1 aromatic carbocycles. The molecule has 6 heteroatoms. The van der Waals surface area contributed by atoms with E-state index < -0.39 is 0 Å². The molecule has 0 spiro atoms. The molecule has 0 unspecified atom stereocenters. The molecule has 1 N–H and O–H groups in total. The third kappa shape index (κ3) is 6.88. The second-order valence-electron chi connectivity index (χ2n) is 8.28. The van der Waals surface area contributed by atoms with E-state index in [4.69, 9.17) is 10.00 Å². The maximum atomic E-state index is 12.1. The van der Waals surface area contributed by atoms with Crippen molar-refractivity contribution in [1.29, 1.82) is 5.26 Å². The number of piperidine rings is 1. The number of nitriles is 1. The maximum Gasteiger partial charge on any atom is 0.236 e. The SMILES string of the molecule is CC(C)(C)c1ccc(OCCCC(=O)NC2CCN(C(=O)CC#N)CC2)cc1. The summed E-state index contributed by atoms with van der Waals surface area (Å²) in [6.07, 6.45) is 2.48. The van der Waals surface area contributed by atoms with E-state index in [0.717, 1.165) is 18.6 Å². The van der Waals surface area contributed by atoms with E-state index in [1.807, 2.05) is 18.2 Å². The molecule has 28 heavy (non-hydrogen) atoms. The molecule has 1 aromatic rings. The highest BCUT2D eigenvalue weighted by Crippen LogP contribution is 2.24. The van der Waals surface area contributed by atoms with Gasteiger partial charge in [-0.3, -0.25) is 9.59 Å². The van der Waals surface area contributed by atoms with Gasteiger partial charge in [0.2, 0.25) is 11.8 Å². The zero-order valence-corrected chi connectivity index (χ0v) is 17.2. The number of carbonyl (C=O) groups is 2. The van der Waals surface area contributed by atoms with Crippen LogP contribution in [0.15, 0.2) is 24.3 Å². The Hall–Kier alpha value is -2.55. The summed E-state index contributed by atoms with van der Waals surface area (Å²) in [7, 11) is 0. The van der Waals surface area contributed by atoms with Crippen molar-refractivity contribution in [1.82, 2.24) is 10.2 Å². The van der Waals surface area contributed by atoms with Gasteiger partial charge in [0.1, 0.15) is 12.2 Å². The molecule has 0 bridgehead atoms. The predicted octanol–water partition coefficient (Wildman–Crippen LogP) is 3.16. The Morgan fingerprint density at radius 2 is 1.86 bits per heavy atom. The number of hydrogen-bond donors (Lipinski definition) is 1. The normalized spacial score (nSPS) is 15.0. The van der Waals surface area contributed by atoms with Gasteiger partial charge < -0.3 is 15.0 Å². The number of hydrogen-bond acceptors (Lipinski definition) is 4. The van der Waals surface area contributed by atoms with E-state index in [9.17, 15) is 9.59 Å². The average Bonchev–Trinajstić information content (AvgIpc) is 2.66. The van der Waals surface area contributed by atoms with Crippen molar-refractivity contribution >= 4 is 11.8 Å². The van der Waals surface area contributed by atoms with Crippen LogP contribution in [-0.2, 0) is 15.0 Å². The zero-order valence-electron chi connectivity index (χ0n) is 17.2. The minimum absolute atomic E-state index is 0.0217. The summed E-state index contributed by atoms with van der Waals surface area (Å²) < 4.78 is 5.73. The number of likely N-dealkylation sites (tertiary alicyclic amines) is 1. The summed E-state index contributed by atoms with van der Waals surface area (Å²) in [6.45, 7) is 8.22. The zero-order chi connectivity index (χ0) is 20.6. The first kappa shape index (κ1) is 21.7. The van der Waals surface area contributed by atoms with E-state index in [2.05, 4.69) is 38.2 Å². The lowest BCUT2D eigenvalue weighted by atomic mass is 9.87. The van der Waals surface area contributed by atoms with Crippen LogP contribution in [0.2, 0.25) is 0 Å². The van der Waals surface area contributed by atoms with Gasteiger partial charge in [0.05, 0.1) is 12.7 Å². The first-order valence-corrected chi connectivity index (χ1v) is 9.97. The van der Waals surface area contributed by atoms with Crippen LogP contribution in [0.1, 0.15) is 58.4 Å². The lowest BCUT2D eigenvalue weighted by molar-refractivity contribution is -0.131. The Kier molecular flexibility index (Phi) is 7.86. The van der Waals surface area contributed by atoms with Crippen molar-refractivity contribution in [3.8, 4) is 11.8 Å². The molecule has 0 radical (unpaired) electrons. The molecule has 1 saturated heterocycles. The maximum absolute atomic E-state index is 12.1. The van der Waals surface area contributed by atoms with Crippen LogP contribution in [0.5, 0.6) is 5.75 Å². The van der Waals surface area contributed by atoms with Crippen LogP contribution in [0.3, 0.4) is 0 Å². The summed E-state index contributed by atoms with van der Waals surface area (Å²) in [4.78, 5) is 25.5. The van der Waals surface area contributed by atoms with Gasteiger partial charge in [0, 0.05) is 25.6 Å². The fourth-order valence-corrected chi connectivity index (χ4v) is 3.23. The number of amides is 2. The van der Waals surface area contributed by atoms with E-state index in [1.54, 1.807) is 4.90 Å². The van der Waals surface area contributed by atoms with Crippen molar-refractivity contribution in [3.63, 3.8) is 0 Å². The number of benzene rings is 1. The average molecular weight is 386 g/mol. The highest BCUT2D eigenvalue weighted by molar-refractivity contribution is 5.78. The first-order chi connectivity index (χ1) is 13.3. The highest BCUT2D eigenvalue weighted by Gasteiger charge is 2.23. The van der Waals surface area contributed by atoms with E-state index >= 15 is 0 Å². The molecule has 6 nitrogen and oxygen atoms in total. The molecule has 0 saturated carbocycles. The van der Waals surface area contributed by atoms with Gasteiger partial charge in [-0.25, -0.2) is 0 Å². The van der Waals surface area contributed by atoms with Crippen LogP contribution in [0.4, 0.5) is 0 Å². The number of nitrogens with zero attached hydrogens (tertiary/aromatic N) is 2. The third-order valence-corrected chi connectivity index (χ3v) is 4.98. The molecule has 1 fully saturated rings. The van der Waals surface area contributed by atoms with Gasteiger partial charge in [-0.1, -0.05) is 32.9 Å². The molecule has 1 heterocycles. The molecule has 0 aromatic heterocycles. The quantitative estimate of drug-likeness (QED) is 0.731. The monoisotopic (exact) mass is 385 g/mol. The van der Waals surface area contributed by atoms with Gasteiger partial charge >= 0.3 is 0 Å². The van der Waals surface area contributed by atoms with Crippen molar-refractivity contribution < 1.29 is 14.3 Å². The standard InChI is InChI=1S/C22H31N3O3/c1-22(2,3)17-6-8-19(9-7-17)28-16-4-5-20(26)24-18-11-14-25(15-12-18)21(27)10-13-23/h6-9,18H,4-5,10-12,14-16H2,1-3H3,(H,24,26). The van der Waals surface area contributed by atoms with E-state index in [0.29, 0.717) is 32.5 Å². The minimum Gasteiger partial charge on any atom is -0.494 e. The number of carbonyl (C=O) groups excluding carboxylic acids is 2. The summed E-state index contributed by atoms with van der Waals surface area (Å²) >= 11 is 0. The molecule has 152 valence electrons. The number of ether oxygens (including phenoxy) is 1. The summed E-state index contributed by atoms with van der Waals surface area (Å²) in [5.41, 5.74) is 1.38. The van der Waals surface area contributed by atoms with Gasteiger partial charge in [0.25, 0.3) is 0 Å². The second kappa shape index (κ2) is 10.1. The fraction of sp³-hybridized carbons (Fsp3) is 0.591. The van der Waals surface area contributed by atoms with E-state index in [1.165, 1.54) is 5.56 Å². The predicted molar refractivity (Wildman–Crippen MR) is 108 cm³/mol. The van der Waals surface area contributed by atoms with Gasteiger partial charge in [-0.2, -0.15) is 5.26 Å². The fourth-order valence-electron chi connectivity index (χ4n) is 3.23. The molecular formula is C22H31N3O3. The Morgan fingerprint density at radius 3 is 2.43 bits per heavy atom. The lowest BCUT2D eigenvalue weighted by Crippen LogP contribution is -2.46. The number of nitrogens with one attached hydrogen (secondary N) is 1. The van der Waals surface area contributed by atoms with Crippen LogP contribution in [0.25, 0.3) is 0 Å². The third-order valence-electron chi connectivity index (χ3n) is 4.98. The van der Waals surface area contributed by atoms with Crippen LogP contribution in [0, 0.1) is 11.3 Å². The molecule has 1 aliphatic heterocycles. The molecule has 2 amide bonds. The molecule has 0 atom stereocenters. The van der Waals surface area contributed by atoms with Crippen molar-refractivity contribution in [3.05, 3.63) is 29.8 Å². The number of rotatable bonds is 7. The topological polar surface area (TPSA) is 82.4 Å². The van der Waals surface area contributed by atoms with Crippen LogP contribution >= 0.6 is 0 Å². The second-order valence-corrected chi connectivity index (χ2v) is 8.28. The summed E-state index contributed by atoms with van der Waals surface area (Å²) in [5, 5.41) is 11.6. The van der Waals surface area contributed by atoms with Gasteiger partial charge in [-0.15, -0.1) is 0 Å². The molecule has 1 aliphatic rings. The van der Waals surface area contributed by atoms with E-state index in [-0.39, 0.29) is 29.7 Å². The Balaban J connectivity index is 1.62. The Labute approximate surface area is 167 Å². The Bertz CT molecular complexity index is 693. The van der Waals surface area contributed by atoms with Crippen molar-refractivity contribution in [2.45, 2.75) is 64.3 Å². The van der Waals surface area contributed by atoms with Crippen LogP contribution < -0.4 is 10.1 Å². The molecule has 0 aliphatic carbocycles. The van der Waals surface area contributed by atoms with Crippen molar-refractivity contribution in [2.24, 2.45) is 0 Å². The lowest BCUT2D eigenvalue weighted by Gasteiger charge is -2.32. The smallest absolute Gasteiger partial charge is 0.236 e. The molecule has 2 rings (SSSR count).